The highest BCUT2D eigenvalue weighted by atomic mass is 31.2. The van der Waals surface area contributed by atoms with Crippen LogP contribution in [0.2, 0.25) is 0 Å². The highest BCUT2D eigenvalue weighted by molar-refractivity contribution is 7.51. The maximum absolute atomic E-state index is 13.5. The summed E-state index contributed by atoms with van der Waals surface area (Å²) >= 11 is 0. The minimum absolute atomic E-state index is 0.0111. The van der Waals surface area contributed by atoms with Crippen LogP contribution in [0.1, 0.15) is 23.8 Å². The fraction of sp³-hybridized carbons (Fsp3) is 0.500. The molecule has 3 amide bonds. The predicted octanol–water partition coefficient (Wildman–Crippen LogP) is 0.946. The molecule has 2 unspecified atom stereocenters. The Bertz CT molecular complexity index is 1280. The van der Waals surface area contributed by atoms with Crippen LogP contribution in [0, 0.1) is 0 Å². The second kappa shape index (κ2) is 13.4. The van der Waals surface area contributed by atoms with Crippen LogP contribution in [0.5, 0.6) is 0 Å². The Morgan fingerprint density at radius 2 is 1.76 bits per heavy atom. The quantitative estimate of drug-likeness (QED) is 0.355. The van der Waals surface area contributed by atoms with Crippen LogP contribution in [-0.2, 0) is 18.8 Å². The van der Waals surface area contributed by atoms with Gasteiger partial charge in [-0.25, -0.2) is 14.8 Å². The Hall–Kier alpha value is -3.58. The number of aromatic nitrogens is 2. The van der Waals surface area contributed by atoms with Crippen LogP contribution in [0.15, 0.2) is 36.4 Å². The second-order valence-electron chi connectivity index (χ2n) is 9.78. The van der Waals surface area contributed by atoms with Crippen molar-refractivity contribution < 1.29 is 38.2 Å². The number of methoxy groups -OCH3 is 1. The van der Waals surface area contributed by atoms with Crippen LogP contribution in [0.25, 0.3) is 11.4 Å². The second-order valence-corrected chi connectivity index (χ2v) is 11.5. The Kier molecular flexibility index (Phi) is 9.92. The first-order valence-corrected chi connectivity index (χ1v) is 15.2. The zero-order valence-corrected chi connectivity index (χ0v) is 23.9. The summed E-state index contributed by atoms with van der Waals surface area (Å²) in [6, 6.07) is 9.07. The lowest BCUT2D eigenvalue weighted by atomic mass is 10.2. The van der Waals surface area contributed by atoms with Gasteiger partial charge < -0.3 is 39.3 Å². The van der Waals surface area contributed by atoms with Crippen LogP contribution in [0.3, 0.4) is 0 Å². The van der Waals surface area contributed by atoms with E-state index in [-0.39, 0.29) is 44.6 Å². The summed E-state index contributed by atoms with van der Waals surface area (Å²) in [5.74, 6) is -0.644. The van der Waals surface area contributed by atoms with Crippen molar-refractivity contribution in [1.82, 2.24) is 25.1 Å². The van der Waals surface area contributed by atoms with Gasteiger partial charge in [-0.15, -0.1) is 0 Å². The number of benzene rings is 1. The number of hydrogen-bond donors (Lipinski definition) is 3. The molecule has 1 aromatic heterocycles. The van der Waals surface area contributed by atoms with Crippen molar-refractivity contribution >= 4 is 31.3 Å². The molecule has 0 spiro atoms. The van der Waals surface area contributed by atoms with E-state index in [1.807, 2.05) is 23.1 Å². The number of nitrogens with one attached hydrogen (secondary N) is 1. The van der Waals surface area contributed by atoms with Gasteiger partial charge in [0.25, 0.3) is 5.91 Å². The lowest BCUT2D eigenvalue weighted by Gasteiger charge is -2.36. The molecular formula is C26H35N6O8P. The van der Waals surface area contributed by atoms with Crippen molar-refractivity contribution in [2.75, 3.05) is 64.0 Å². The van der Waals surface area contributed by atoms with Gasteiger partial charge in [0.1, 0.15) is 17.6 Å². The van der Waals surface area contributed by atoms with Crippen LogP contribution in [0.4, 0.5) is 10.6 Å². The molecule has 2 fully saturated rings. The summed E-state index contributed by atoms with van der Waals surface area (Å²) in [6.45, 7) is 3.76. The molecule has 3 heterocycles. The van der Waals surface area contributed by atoms with E-state index < -0.39 is 37.7 Å². The van der Waals surface area contributed by atoms with Crippen LogP contribution < -0.4 is 10.2 Å². The Morgan fingerprint density at radius 3 is 2.37 bits per heavy atom. The molecule has 2 aliphatic rings. The summed E-state index contributed by atoms with van der Waals surface area (Å²) in [5, 5.41) is 2.50. The molecule has 2 saturated heterocycles. The van der Waals surface area contributed by atoms with E-state index in [1.165, 1.54) is 15.9 Å². The summed E-state index contributed by atoms with van der Waals surface area (Å²) < 4.78 is 22.4. The largest absolute Gasteiger partial charge is 0.450 e. The molecule has 14 nitrogen and oxygen atoms in total. The van der Waals surface area contributed by atoms with Crippen LogP contribution in [-0.4, -0.2) is 119 Å². The summed E-state index contributed by atoms with van der Waals surface area (Å²) in [6.07, 6.45) is -0.591. The van der Waals surface area contributed by atoms with E-state index >= 15 is 0 Å². The number of anilines is 1. The number of carbonyl (C=O) groups excluding carboxylic acids is 3. The minimum atomic E-state index is -4.71. The van der Waals surface area contributed by atoms with Gasteiger partial charge in [0.05, 0.1) is 18.9 Å². The average Bonchev–Trinajstić information content (AvgIpc) is 3.46. The molecule has 4 rings (SSSR count). The highest BCUT2D eigenvalue weighted by Crippen LogP contribution is 2.35. The molecule has 222 valence electrons. The lowest BCUT2D eigenvalue weighted by Crippen LogP contribution is -2.56. The fourth-order valence-corrected chi connectivity index (χ4v) is 5.48. The maximum atomic E-state index is 13.5. The molecule has 41 heavy (non-hydrogen) atoms. The normalized spacial score (nSPS) is 18.2. The standard InChI is InChI=1S/C26H35N6O8P/c1-3-40-26(35)31-13-11-30(12-14-31)25(34)21(17-41(36,37)38)28-24(33)20-15-22(32-10-9-19(16-32)39-2)29-23(27-20)18-7-5-4-6-8-18/h4-8,15,19,21H,3,9-14,16-17H2,1-2H3,(H,28,33)(H2,36,37,38). The number of rotatable bonds is 9. The molecule has 3 N–H and O–H groups in total. The predicted molar refractivity (Wildman–Crippen MR) is 148 cm³/mol. The van der Waals surface area contributed by atoms with Gasteiger partial charge >= 0.3 is 13.7 Å². The van der Waals surface area contributed by atoms with Gasteiger partial charge in [0.2, 0.25) is 5.91 Å². The summed E-state index contributed by atoms with van der Waals surface area (Å²) in [5.41, 5.74) is 0.624. The van der Waals surface area contributed by atoms with Gasteiger partial charge in [-0.2, -0.15) is 0 Å². The third-order valence-corrected chi connectivity index (χ3v) is 7.76. The van der Waals surface area contributed by atoms with E-state index in [4.69, 9.17) is 9.47 Å². The zero-order chi connectivity index (χ0) is 29.6. The monoisotopic (exact) mass is 590 g/mol. The van der Waals surface area contributed by atoms with Crippen molar-refractivity contribution in [2.24, 2.45) is 0 Å². The maximum Gasteiger partial charge on any atom is 0.409 e. The molecule has 0 radical (unpaired) electrons. The van der Waals surface area contributed by atoms with Gasteiger partial charge in [-0.3, -0.25) is 14.2 Å². The molecule has 0 saturated carbocycles. The van der Waals surface area contributed by atoms with Crippen LogP contribution >= 0.6 is 7.60 Å². The number of amides is 3. The van der Waals surface area contributed by atoms with Gasteiger partial charge in [0.15, 0.2) is 5.82 Å². The van der Waals surface area contributed by atoms with Gasteiger partial charge in [0, 0.05) is 58.0 Å². The zero-order valence-electron chi connectivity index (χ0n) is 23.0. The van der Waals surface area contributed by atoms with Gasteiger partial charge in [-0.1, -0.05) is 30.3 Å². The van der Waals surface area contributed by atoms with Gasteiger partial charge in [-0.05, 0) is 13.3 Å². The first-order chi connectivity index (χ1) is 19.6. The topological polar surface area (TPSA) is 175 Å². The van der Waals surface area contributed by atoms with E-state index in [2.05, 4.69) is 15.3 Å². The number of piperazine rings is 1. The number of hydrogen-bond acceptors (Lipinski definition) is 9. The van der Waals surface area contributed by atoms with E-state index in [9.17, 15) is 28.7 Å². The number of nitrogens with zero attached hydrogens (tertiary/aromatic N) is 5. The molecule has 2 aromatic rings. The van der Waals surface area contributed by atoms with E-state index in [0.29, 0.717) is 30.3 Å². The Morgan fingerprint density at radius 1 is 1.07 bits per heavy atom. The molecule has 2 atom stereocenters. The van der Waals surface area contributed by atoms with Crippen molar-refractivity contribution in [3.63, 3.8) is 0 Å². The Balaban J connectivity index is 1.56. The fourth-order valence-electron chi connectivity index (χ4n) is 4.76. The third kappa shape index (κ3) is 8.00. The van der Waals surface area contributed by atoms with Crippen molar-refractivity contribution in [2.45, 2.75) is 25.5 Å². The lowest BCUT2D eigenvalue weighted by molar-refractivity contribution is -0.134. The van der Waals surface area contributed by atoms with E-state index in [0.717, 1.165) is 6.42 Å². The number of ether oxygens (including phenoxy) is 2. The highest BCUT2D eigenvalue weighted by Gasteiger charge is 2.35. The SMILES string of the molecule is CCOC(=O)N1CCN(C(=O)C(CP(=O)(O)O)NC(=O)c2cc(N3CCC(OC)C3)nc(-c3ccccc3)n2)CC1. The smallest absolute Gasteiger partial charge is 0.409 e. The molecule has 0 aliphatic carbocycles. The minimum Gasteiger partial charge on any atom is -0.450 e. The molecule has 1 aromatic carbocycles. The first-order valence-electron chi connectivity index (χ1n) is 13.4. The Labute approximate surface area is 237 Å². The average molecular weight is 591 g/mol. The van der Waals surface area contributed by atoms with E-state index in [1.54, 1.807) is 26.2 Å². The molecule has 2 aliphatic heterocycles. The third-order valence-electron chi connectivity index (χ3n) is 6.92. The van der Waals surface area contributed by atoms with Crippen molar-refractivity contribution in [3.8, 4) is 11.4 Å². The molecule has 0 bridgehead atoms. The first kappa shape index (κ1) is 30.4. The number of carbonyl (C=O) groups is 3. The summed E-state index contributed by atoms with van der Waals surface area (Å²) in [4.78, 5) is 72.1. The summed E-state index contributed by atoms with van der Waals surface area (Å²) in [7, 11) is -3.07. The van der Waals surface area contributed by atoms with Crippen molar-refractivity contribution in [3.05, 3.63) is 42.1 Å². The molecular weight excluding hydrogens is 555 g/mol. The van der Waals surface area contributed by atoms with Crippen molar-refractivity contribution in [1.29, 1.82) is 0 Å². The molecule has 15 heteroatoms.